The van der Waals surface area contributed by atoms with Gasteiger partial charge in [-0.05, 0) is 42.2 Å². The summed E-state index contributed by atoms with van der Waals surface area (Å²) >= 11 is 0. The molecule has 3 aromatic rings. The Kier molecular flexibility index (Phi) is 2.46. The van der Waals surface area contributed by atoms with Crippen molar-refractivity contribution in [1.82, 2.24) is 0 Å². The standard InChI is InChI=1S/C20H14O3/c21-18-14-9-11-5-1-2-6-12(11)10-15(14)19(22)20-17(18)13-7-3-4-8-16(13)23-20/h1-2,5-6,9-10H,3-4,7-8H2. The predicted octanol–water partition coefficient (Wildman–Crippen LogP) is 4.09. The van der Waals surface area contributed by atoms with Crippen molar-refractivity contribution in [3.05, 3.63) is 70.2 Å². The lowest BCUT2D eigenvalue weighted by Crippen LogP contribution is -2.20. The Morgan fingerprint density at radius 1 is 0.826 bits per heavy atom. The summed E-state index contributed by atoms with van der Waals surface area (Å²) in [4.78, 5) is 25.9. The van der Waals surface area contributed by atoms with Crippen LogP contribution in [0.5, 0.6) is 0 Å². The minimum atomic E-state index is -0.158. The maximum atomic E-state index is 13.0. The lowest BCUT2D eigenvalue weighted by Gasteiger charge is -2.16. The molecular formula is C20H14O3. The highest BCUT2D eigenvalue weighted by molar-refractivity contribution is 6.29. The first-order valence-corrected chi connectivity index (χ1v) is 8.01. The van der Waals surface area contributed by atoms with E-state index in [1.165, 1.54) is 0 Å². The summed E-state index contributed by atoms with van der Waals surface area (Å²) in [5, 5.41) is 1.94. The van der Waals surface area contributed by atoms with Crippen molar-refractivity contribution in [2.75, 3.05) is 0 Å². The fourth-order valence-electron chi connectivity index (χ4n) is 3.84. The van der Waals surface area contributed by atoms with Gasteiger partial charge in [0.1, 0.15) is 5.76 Å². The van der Waals surface area contributed by atoms with Gasteiger partial charge in [-0.1, -0.05) is 24.3 Å². The van der Waals surface area contributed by atoms with E-state index >= 15 is 0 Å². The third-order valence-corrected chi connectivity index (χ3v) is 4.98. The Morgan fingerprint density at radius 3 is 2.22 bits per heavy atom. The van der Waals surface area contributed by atoms with Crippen LogP contribution >= 0.6 is 0 Å². The topological polar surface area (TPSA) is 47.3 Å². The summed E-state index contributed by atoms with van der Waals surface area (Å²) in [7, 11) is 0. The molecular weight excluding hydrogens is 288 g/mol. The van der Waals surface area contributed by atoms with E-state index in [1.54, 1.807) is 0 Å². The smallest absolute Gasteiger partial charge is 0.229 e. The van der Waals surface area contributed by atoms with Gasteiger partial charge in [-0.2, -0.15) is 0 Å². The largest absolute Gasteiger partial charge is 0.456 e. The molecule has 23 heavy (non-hydrogen) atoms. The number of benzene rings is 2. The molecule has 0 unspecified atom stereocenters. The highest BCUT2D eigenvalue weighted by atomic mass is 16.4. The molecule has 0 bridgehead atoms. The zero-order chi connectivity index (χ0) is 15.6. The summed E-state index contributed by atoms with van der Waals surface area (Å²) in [6.45, 7) is 0. The molecule has 0 amide bonds. The number of fused-ring (bicyclic) bond motifs is 5. The Hall–Kier alpha value is -2.68. The van der Waals surface area contributed by atoms with E-state index in [4.69, 9.17) is 4.42 Å². The molecule has 3 nitrogen and oxygen atoms in total. The fraction of sp³-hybridized carbons (Fsp3) is 0.200. The number of ketones is 2. The van der Waals surface area contributed by atoms with Crippen molar-refractivity contribution in [2.24, 2.45) is 0 Å². The summed E-state index contributed by atoms with van der Waals surface area (Å²) < 4.78 is 5.81. The van der Waals surface area contributed by atoms with Crippen molar-refractivity contribution in [1.29, 1.82) is 0 Å². The Morgan fingerprint density at radius 2 is 1.48 bits per heavy atom. The van der Waals surface area contributed by atoms with Gasteiger partial charge in [0.15, 0.2) is 11.5 Å². The van der Waals surface area contributed by atoms with Gasteiger partial charge in [0.25, 0.3) is 0 Å². The summed E-state index contributed by atoms with van der Waals surface area (Å²) in [5.41, 5.74) is 2.46. The zero-order valence-corrected chi connectivity index (χ0v) is 12.5. The van der Waals surface area contributed by atoms with Crippen LogP contribution in [0.2, 0.25) is 0 Å². The number of furan rings is 1. The van der Waals surface area contributed by atoms with Gasteiger partial charge in [-0.3, -0.25) is 9.59 Å². The highest BCUT2D eigenvalue weighted by Gasteiger charge is 2.37. The number of carbonyl (C=O) groups is 2. The molecule has 3 heteroatoms. The average Bonchev–Trinajstić information content (AvgIpc) is 2.98. The maximum absolute atomic E-state index is 13.0. The lowest BCUT2D eigenvalue weighted by atomic mass is 9.83. The van der Waals surface area contributed by atoms with E-state index < -0.39 is 0 Å². The van der Waals surface area contributed by atoms with Gasteiger partial charge >= 0.3 is 0 Å². The molecule has 0 saturated carbocycles. The van der Waals surface area contributed by atoms with E-state index in [-0.39, 0.29) is 17.3 Å². The van der Waals surface area contributed by atoms with E-state index in [0.717, 1.165) is 47.8 Å². The molecule has 0 saturated heterocycles. The maximum Gasteiger partial charge on any atom is 0.229 e. The first kappa shape index (κ1) is 12.8. The molecule has 2 aromatic carbocycles. The van der Waals surface area contributed by atoms with Crippen molar-refractivity contribution in [3.8, 4) is 0 Å². The SMILES string of the molecule is O=C1c2cc3ccccc3cc2C(=O)c2c1oc1c2CCCC1. The second-order valence-corrected chi connectivity index (χ2v) is 6.32. The molecule has 0 fully saturated rings. The molecule has 1 aromatic heterocycles. The quantitative estimate of drug-likeness (QED) is 0.491. The monoisotopic (exact) mass is 302 g/mol. The van der Waals surface area contributed by atoms with Gasteiger partial charge in [0.2, 0.25) is 5.78 Å². The van der Waals surface area contributed by atoms with E-state index in [0.29, 0.717) is 16.7 Å². The van der Waals surface area contributed by atoms with E-state index in [9.17, 15) is 9.59 Å². The van der Waals surface area contributed by atoms with Crippen LogP contribution in [0.3, 0.4) is 0 Å². The first-order valence-electron chi connectivity index (χ1n) is 8.01. The van der Waals surface area contributed by atoms with Crippen molar-refractivity contribution in [2.45, 2.75) is 25.7 Å². The lowest BCUT2D eigenvalue weighted by molar-refractivity contribution is 0.0959. The number of hydrogen-bond donors (Lipinski definition) is 0. The molecule has 0 N–H and O–H groups in total. The molecule has 0 aliphatic heterocycles. The van der Waals surface area contributed by atoms with Crippen LogP contribution in [0.15, 0.2) is 40.8 Å². The third-order valence-electron chi connectivity index (χ3n) is 4.98. The molecule has 0 radical (unpaired) electrons. The number of aryl methyl sites for hydroxylation is 1. The fourth-order valence-corrected chi connectivity index (χ4v) is 3.84. The number of hydrogen-bond acceptors (Lipinski definition) is 3. The Balaban J connectivity index is 1.81. The van der Waals surface area contributed by atoms with Crippen LogP contribution in [0, 0.1) is 0 Å². The van der Waals surface area contributed by atoms with Gasteiger partial charge in [-0.15, -0.1) is 0 Å². The second kappa shape index (κ2) is 4.42. The number of carbonyl (C=O) groups excluding carboxylic acids is 2. The van der Waals surface area contributed by atoms with Crippen LogP contribution in [-0.2, 0) is 12.8 Å². The van der Waals surface area contributed by atoms with Crippen LogP contribution in [0.25, 0.3) is 10.8 Å². The Bertz CT molecular complexity index is 1010. The zero-order valence-electron chi connectivity index (χ0n) is 12.5. The minimum Gasteiger partial charge on any atom is -0.456 e. The molecule has 2 aliphatic carbocycles. The number of rotatable bonds is 0. The van der Waals surface area contributed by atoms with Gasteiger partial charge in [0.05, 0.1) is 5.56 Å². The van der Waals surface area contributed by atoms with Crippen LogP contribution in [0.1, 0.15) is 56.2 Å². The van der Waals surface area contributed by atoms with Gasteiger partial charge < -0.3 is 4.42 Å². The van der Waals surface area contributed by atoms with Crippen molar-refractivity contribution >= 4 is 22.3 Å². The van der Waals surface area contributed by atoms with Crippen molar-refractivity contribution in [3.63, 3.8) is 0 Å². The van der Waals surface area contributed by atoms with Gasteiger partial charge in [-0.25, -0.2) is 0 Å². The summed E-state index contributed by atoms with van der Waals surface area (Å²) in [6, 6.07) is 11.4. The molecule has 112 valence electrons. The van der Waals surface area contributed by atoms with E-state index in [1.807, 2.05) is 36.4 Å². The summed E-state index contributed by atoms with van der Waals surface area (Å²) in [5.74, 6) is 0.868. The second-order valence-electron chi connectivity index (χ2n) is 6.32. The third kappa shape index (κ3) is 1.65. The van der Waals surface area contributed by atoms with Crippen molar-refractivity contribution < 1.29 is 14.0 Å². The molecule has 5 rings (SSSR count). The Labute approximate surface area is 132 Å². The molecule has 2 aliphatic rings. The normalized spacial score (nSPS) is 16.2. The van der Waals surface area contributed by atoms with Crippen LogP contribution in [-0.4, -0.2) is 11.6 Å². The van der Waals surface area contributed by atoms with Crippen LogP contribution < -0.4 is 0 Å². The highest BCUT2D eigenvalue weighted by Crippen LogP contribution is 2.37. The van der Waals surface area contributed by atoms with E-state index in [2.05, 4.69) is 0 Å². The first-order chi connectivity index (χ1) is 11.2. The van der Waals surface area contributed by atoms with Crippen LogP contribution in [0.4, 0.5) is 0 Å². The molecule has 0 atom stereocenters. The van der Waals surface area contributed by atoms with Gasteiger partial charge in [0, 0.05) is 23.1 Å². The average molecular weight is 302 g/mol. The molecule has 0 spiro atoms. The molecule has 1 heterocycles. The predicted molar refractivity (Wildman–Crippen MR) is 86.2 cm³/mol. The summed E-state index contributed by atoms with van der Waals surface area (Å²) in [6.07, 6.45) is 3.75. The minimum absolute atomic E-state index is 0.0627.